The number of nitrogens with one attached hydrogen (secondary N) is 1. The average molecular weight is 197 g/mol. The van der Waals surface area contributed by atoms with E-state index >= 15 is 0 Å². The fourth-order valence-corrected chi connectivity index (χ4v) is 3.21. The lowest BCUT2D eigenvalue weighted by atomic mass is 9.70. The van der Waals surface area contributed by atoms with Crippen molar-refractivity contribution < 1.29 is 4.74 Å². The molecule has 2 aliphatic heterocycles. The van der Waals surface area contributed by atoms with Gasteiger partial charge in [0.2, 0.25) is 0 Å². The molecule has 2 nitrogen and oxygen atoms in total. The first-order valence-electron chi connectivity index (χ1n) is 6.08. The topological polar surface area (TPSA) is 21.3 Å². The van der Waals surface area contributed by atoms with Crippen molar-refractivity contribution in [2.75, 3.05) is 19.8 Å². The van der Waals surface area contributed by atoms with Crippen LogP contribution in [0.2, 0.25) is 0 Å². The Morgan fingerprint density at radius 2 is 2.21 bits per heavy atom. The van der Waals surface area contributed by atoms with Gasteiger partial charge in [0.25, 0.3) is 0 Å². The first kappa shape index (κ1) is 10.4. The van der Waals surface area contributed by atoms with Crippen molar-refractivity contribution in [3.63, 3.8) is 0 Å². The van der Waals surface area contributed by atoms with E-state index in [0.29, 0.717) is 5.54 Å². The third-order valence-corrected chi connectivity index (χ3v) is 4.16. The van der Waals surface area contributed by atoms with Crippen LogP contribution in [0, 0.1) is 11.8 Å². The predicted molar refractivity (Wildman–Crippen MR) is 58.3 cm³/mol. The molecule has 0 aliphatic carbocycles. The maximum absolute atomic E-state index is 5.55. The Bertz CT molecular complexity index is 179. The van der Waals surface area contributed by atoms with Gasteiger partial charge in [-0.05, 0) is 31.7 Å². The van der Waals surface area contributed by atoms with E-state index in [4.69, 9.17) is 4.74 Å². The van der Waals surface area contributed by atoms with E-state index in [-0.39, 0.29) is 0 Å². The second-order valence-corrected chi connectivity index (χ2v) is 5.14. The molecule has 0 aromatic carbocycles. The summed E-state index contributed by atoms with van der Waals surface area (Å²) < 4.78 is 5.55. The molecular formula is C12H23NO. The van der Waals surface area contributed by atoms with Crippen LogP contribution in [0.4, 0.5) is 0 Å². The smallest absolute Gasteiger partial charge is 0.0512 e. The highest BCUT2D eigenvalue weighted by atomic mass is 16.5. The molecule has 0 radical (unpaired) electrons. The van der Waals surface area contributed by atoms with Crippen LogP contribution < -0.4 is 5.32 Å². The van der Waals surface area contributed by atoms with Gasteiger partial charge in [-0.1, -0.05) is 20.3 Å². The molecule has 0 saturated carbocycles. The zero-order chi connectivity index (χ0) is 10.0. The lowest BCUT2D eigenvalue weighted by molar-refractivity contribution is 0.0868. The van der Waals surface area contributed by atoms with Crippen molar-refractivity contribution in [3.8, 4) is 0 Å². The number of hydrogen-bond acceptors (Lipinski definition) is 2. The lowest BCUT2D eigenvalue weighted by Gasteiger charge is -2.46. The molecule has 2 unspecified atom stereocenters. The zero-order valence-corrected chi connectivity index (χ0v) is 9.51. The molecule has 0 aromatic rings. The quantitative estimate of drug-likeness (QED) is 0.732. The third-order valence-electron chi connectivity index (χ3n) is 4.16. The van der Waals surface area contributed by atoms with Crippen LogP contribution in [0.3, 0.4) is 0 Å². The number of hydrogen-bond donors (Lipinski definition) is 1. The summed E-state index contributed by atoms with van der Waals surface area (Å²) in [7, 11) is 0. The number of piperidine rings is 1. The molecule has 2 atom stereocenters. The monoisotopic (exact) mass is 197 g/mol. The Kier molecular flexibility index (Phi) is 3.13. The van der Waals surface area contributed by atoms with Gasteiger partial charge in [-0.15, -0.1) is 0 Å². The Morgan fingerprint density at radius 1 is 1.36 bits per heavy atom. The molecule has 2 aliphatic rings. The first-order valence-corrected chi connectivity index (χ1v) is 6.08. The summed E-state index contributed by atoms with van der Waals surface area (Å²) in [5.41, 5.74) is 0.384. The SMILES string of the molecule is CC(C)C1(C2CCOC2)CCCCN1. The highest BCUT2D eigenvalue weighted by Crippen LogP contribution is 2.38. The van der Waals surface area contributed by atoms with Crippen LogP contribution in [0.25, 0.3) is 0 Å². The predicted octanol–water partition coefficient (Wildman–Crippen LogP) is 2.19. The molecule has 2 fully saturated rings. The normalized spacial score (nSPS) is 39.2. The molecular weight excluding hydrogens is 174 g/mol. The minimum atomic E-state index is 0.384. The fraction of sp³-hybridized carbons (Fsp3) is 1.00. The maximum atomic E-state index is 5.55. The van der Waals surface area contributed by atoms with Crippen LogP contribution in [-0.4, -0.2) is 25.3 Å². The maximum Gasteiger partial charge on any atom is 0.0512 e. The number of rotatable bonds is 2. The molecule has 0 spiro atoms. The molecule has 2 heterocycles. The molecule has 0 amide bonds. The van der Waals surface area contributed by atoms with Crippen molar-refractivity contribution in [2.24, 2.45) is 11.8 Å². The largest absolute Gasteiger partial charge is 0.381 e. The van der Waals surface area contributed by atoms with Crippen molar-refractivity contribution >= 4 is 0 Å². The van der Waals surface area contributed by atoms with Crippen LogP contribution in [0.1, 0.15) is 39.5 Å². The molecule has 82 valence electrons. The summed E-state index contributed by atoms with van der Waals surface area (Å²) in [4.78, 5) is 0. The minimum Gasteiger partial charge on any atom is -0.381 e. The Balaban J connectivity index is 2.11. The molecule has 2 saturated heterocycles. The molecule has 0 bridgehead atoms. The van der Waals surface area contributed by atoms with Gasteiger partial charge in [0.1, 0.15) is 0 Å². The second kappa shape index (κ2) is 4.19. The van der Waals surface area contributed by atoms with Crippen LogP contribution >= 0.6 is 0 Å². The minimum absolute atomic E-state index is 0.384. The van der Waals surface area contributed by atoms with Crippen LogP contribution in [0.15, 0.2) is 0 Å². The van der Waals surface area contributed by atoms with E-state index < -0.39 is 0 Å². The van der Waals surface area contributed by atoms with Gasteiger partial charge < -0.3 is 10.1 Å². The summed E-state index contributed by atoms with van der Waals surface area (Å²) in [6.45, 7) is 7.87. The molecule has 1 N–H and O–H groups in total. The highest BCUT2D eigenvalue weighted by Gasteiger charge is 2.43. The van der Waals surface area contributed by atoms with Gasteiger partial charge in [-0.2, -0.15) is 0 Å². The average Bonchev–Trinajstić information content (AvgIpc) is 2.72. The standard InChI is InChI=1S/C12H23NO/c1-10(2)12(6-3-4-7-13-12)11-5-8-14-9-11/h10-11,13H,3-9H2,1-2H3. The molecule has 2 heteroatoms. The Morgan fingerprint density at radius 3 is 2.71 bits per heavy atom. The van der Waals surface area contributed by atoms with E-state index in [1.165, 1.54) is 32.2 Å². The zero-order valence-electron chi connectivity index (χ0n) is 9.51. The highest BCUT2D eigenvalue weighted by molar-refractivity contribution is 5.00. The second-order valence-electron chi connectivity index (χ2n) is 5.14. The first-order chi connectivity index (χ1) is 6.76. The van der Waals surface area contributed by atoms with Crippen molar-refractivity contribution in [1.29, 1.82) is 0 Å². The molecule has 14 heavy (non-hydrogen) atoms. The van der Waals surface area contributed by atoms with Crippen LogP contribution in [-0.2, 0) is 4.74 Å². The van der Waals surface area contributed by atoms with Crippen molar-refractivity contribution in [2.45, 2.75) is 45.1 Å². The lowest BCUT2D eigenvalue weighted by Crippen LogP contribution is -2.57. The van der Waals surface area contributed by atoms with Gasteiger partial charge in [-0.3, -0.25) is 0 Å². The van der Waals surface area contributed by atoms with Crippen LogP contribution in [0.5, 0.6) is 0 Å². The van der Waals surface area contributed by atoms with Gasteiger partial charge in [-0.25, -0.2) is 0 Å². The van der Waals surface area contributed by atoms with E-state index in [9.17, 15) is 0 Å². The van der Waals surface area contributed by atoms with Gasteiger partial charge in [0.15, 0.2) is 0 Å². The van der Waals surface area contributed by atoms with Gasteiger partial charge >= 0.3 is 0 Å². The molecule has 0 aromatic heterocycles. The summed E-state index contributed by atoms with van der Waals surface area (Å²) in [6.07, 6.45) is 5.34. The van der Waals surface area contributed by atoms with E-state index in [1.807, 2.05) is 0 Å². The summed E-state index contributed by atoms with van der Waals surface area (Å²) >= 11 is 0. The van der Waals surface area contributed by atoms with E-state index in [0.717, 1.165) is 25.0 Å². The van der Waals surface area contributed by atoms with Crippen molar-refractivity contribution in [1.82, 2.24) is 5.32 Å². The Labute approximate surface area is 87.4 Å². The summed E-state index contributed by atoms with van der Waals surface area (Å²) in [5, 5.41) is 3.79. The fourth-order valence-electron chi connectivity index (χ4n) is 3.21. The van der Waals surface area contributed by atoms with Gasteiger partial charge in [0.05, 0.1) is 6.61 Å². The third kappa shape index (κ3) is 1.70. The van der Waals surface area contributed by atoms with E-state index in [2.05, 4.69) is 19.2 Å². The van der Waals surface area contributed by atoms with Crippen molar-refractivity contribution in [3.05, 3.63) is 0 Å². The number of ether oxygens (including phenoxy) is 1. The molecule has 2 rings (SSSR count). The summed E-state index contributed by atoms with van der Waals surface area (Å²) in [6, 6.07) is 0. The summed E-state index contributed by atoms with van der Waals surface area (Å²) in [5.74, 6) is 1.48. The van der Waals surface area contributed by atoms with Gasteiger partial charge in [0, 0.05) is 18.1 Å². The van der Waals surface area contributed by atoms with E-state index in [1.54, 1.807) is 0 Å². The Hall–Kier alpha value is -0.0800.